The monoisotopic (exact) mass is 838 g/mol. The van der Waals surface area contributed by atoms with Gasteiger partial charge in [-0.25, -0.2) is 4.57 Å². The number of nitrogens with two attached hydrogens (primary N) is 1. The van der Waals surface area contributed by atoms with E-state index in [1.807, 2.05) is 12.2 Å². The first-order valence-corrected chi connectivity index (χ1v) is 23.4. The van der Waals surface area contributed by atoms with Crippen LogP contribution in [0.2, 0.25) is 0 Å². The standard InChI is InChI=1S/C45H76NO11P/c1-3-5-7-8-9-10-11-12-13-14-15-16-17-18-19-20-25-29-44(50)54-36-39(37-56-58(52,53)55-34-33-46)57-45(51)30-26-22-21-24-28-40-41(43(49)35-42(40)48)32-31-38(47)27-23-6-4-2/h9-10,12-13,15-16,21,24,31-32,38-42,47-48H,3-8,11,14,17-20,22-23,25-30,33-37,46H2,1-2H3,(H,52,53)/b10-9-,13-12-,16-15-,24-21-,32-31+/t38-,39+,40+,41+,42-/m0/s1. The average molecular weight is 838 g/mol. The zero-order valence-corrected chi connectivity index (χ0v) is 36.4. The minimum Gasteiger partial charge on any atom is -0.462 e. The van der Waals surface area contributed by atoms with Crippen molar-refractivity contribution in [1.29, 1.82) is 0 Å². The van der Waals surface area contributed by atoms with E-state index in [0.717, 1.165) is 64.2 Å². The number of carbonyl (C=O) groups excluding carboxylic acids is 3. The molecule has 0 aromatic rings. The minimum absolute atomic E-state index is 0.00454. The van der Waals surface area contributed by atoms with Crippen LogP contribution in [-0.2, 0) is 37.5 Å². The first-order valence-electron chi connectivity index (χ1n) is 21.9. The van der Waals surface area contributed by atoms with E-state index in [9.17, 15) is 34.1 Å². The van der Waals surface area contributed by atoms with Gasteiger partial charge >= 0.3 is 19.8 Å². The molecule has 1 unspecified atom stereocenters. The number of aliphatic hydroxyl groups is 2. The molecule has 0 saturated heterocycles. The molecule has 1 rings (SSSR count). The van der Waals surface area contributed by atoms with E-state index >= 15 is 0 Å². The summed E-state index contributed by atoms with van der Waals surface area (Å²) in [6.07, 6.45) is 34.7. The van der Waals surface area contributed by atoms with Gasteiger partial charge in [0, 0.05) is 37.6 Å². The fourth-order valence-electron chi connectivity index (χ4n) is 6.39. The first-order chi connectivity index (χ1) is 28.0. The topological polar surface area (TPSA) is 192 Å². The van der Waals surface area contributed by atoms with E-state index in [4.69, 9.17) is 24.3 Å². The van der Waals surface area contributed by atoms with Crippen LogP contribution in [-0.4, -0.2) is 77.5 Å². The molecule has 0 heterocycles. The van der Waals surface area contributed by atoms with Crippen LogP contribution in [0.15, 0.2) is 60.8 Å². The normalized spacial score (nSPS) is 19.6. The maximum absolute atomic E-state index is 12.7. The van der Waals surface area contributed by atoms with Gasteiger partial charge in [0.15, 0.2) is 6.10 Å². The van der Waals surface area contributed by atoms with Gasteiger partial charge in [-0.3, -0.25) is 23.4 Å². The van der Waals surface area contributed by atoms with Crippen molar-refractivity contribution in [3.63, 3.8) is 0 Å². The number of Topliss-reactive ketones (excluding diaryl/α,β-unsaturated/α-hetero) is 1. The predicted octanol–water partition coefficient (Wildman–Crippen LogP) is 9.08. The van der Waals surface area contributed by atoms with Gasteiger partial charge in [-0.05, 0) is 70.6 Å². The number of rotatable bonds is 36. The second-order valence-electron chi connectivity index (χ2n) is 15.0. The Morgan fingerprint density at radius 2 is 1.40 bits per heavy atom. The zero-order chi connectivity index (χ0) is 42.7. The molecule has 13 heteroatoms. The SMILES string of the molecule is CCCCC/C=C\C/C=C\C/C=C\CCCCCCC(=O)OC[C@H](COP(=O)(O)OCCN)OC(=O)CCC/C=C\C[C@H]1[C@@H](O)CC(=O)[C@@H]1/C=C/[C@@H](O)CCCCC. The van der Waals surface area contributed by atoms with Gasteiger partial charge < -0.3 is 30.3 Å². The van der Waals surface area contributed by atoms with Gasteiger partial charge in [0.1, 0.15) is 12.4 Å². The zero-order valence-electron chi connectivity index (χ0n) is 35.5. The summed E-state index contributed by atoms with van der Waals surface area (Å²) in [7, 11) is -4.46. The second kappa shape index (κ2) is 35.1. The third-order valence-corrected chi connectivity index (χ3v) is 10.7. The highest BCUT2D eigenvalue weighted by Crippen LogP contribution is 2.43. The third kappa shape index (κ3) is 28.7. The molecule has 0 radical (unpaired) electrons. The van der Waals surface area contributed by atoms with Crippen LogP contribution in [0.4, 0.5) is 0 Å². The Morgan fingerprint density at radius 3 is 2.09 bits per heavy atom. The van der Waals surface area contributed by atoms with Crippen LogP contribution < -0.4 is 5.73 Å². The molecule has 0 bridgehead atoms. The molecule has 5 N–H and O–H groups in total. The van der Waals surface area contributed by atoms with E-state index < -0.39 is 50.6 Å². The summed E-state index contributed by atoms with van der Waals surface area (Å²) in [6.45, 7) is 3.24. The molecule has 1 fully saturated rings. The van der Waals surface area contributed by atoms with Crippen LogP contribution in [0.3, 0.4) is 0 Å². The van der Waals surface area contributed by atoms with Crippen LogP contribution in [0.1, 0.15) is 149 Å². The molecular weight excluding hydrogens is 761 g/mol. The highest BCUT2D eigenvalue weighted by Gasteiger charge is 2.39. The number of unbranched alkanes of at least 4 members (excludes halogenated alkanes) is 10. The Kier molecular flexibility index (Phi) is 32.3. The number of hydrogen-bond acceptors (Lipinski definition) is 11. The molecule has 1 saturated carbocycles. The number of phosphoric ester groups is 1. The fourth-order valence-corrected chi connectivity index (χ4v) is 7.15. The van der Waals surface area contributed by atoms with E-state index in [1.54, 1.807) is 12.2 Å². The number of hydrogen-bond donors (Lipinski definition) is 4. The number of allylic oxidation sites excluding steroid dienone is 9. The van der Waals surface area contributed by atoms with Crippen LogP contribution in [0.5, 0.6) is 0 Å². The lowest BCUT2D eigenvalue weighted by atomic mass is 9.90. The lowest BCUT2D eigenvalue weighted by Gasteiger charge is -2.19. The Morgan fingerprint density at radius 1 is 0.793 bits per heavy atom. The van der Waals surface area contributed by atoms with Gasteiger partial charge in [0.2, 0.25) is 0 Å². The summed E-state index contributed by atoms with van der Waals surface area (Å²) >= 11 is 0. The highest BCUT2D eigenvalue weighted by atomic mass is 31.2. The summed E-state index contributed by atoms with van der Waals surface area (Å²) in [5.41, 5.74) is 5.34. The largest absolute Gasteiger partial charge is 0.472 e. The number of phosphoric acid groups is 1. The third-order valence-electron chi connectivity index (χ3n) is 9.75. The summed E-state index contributed by atoms with van der Waals surface area (Å²) in [5, 5.41) is 20.7. The molecule has 1 aliphatic rings. The molecule has 6 atom stereocenters. The lowest BCUT2D eigenvalue weighted by Crippen LogP contribution is -2.29. The first kappa shape index (κ1) is 53.3. The molecule has 12 nitrogen and oxygen atoms in total. The smallest absolute Gasteiger partial charge is 0.462 e. The number of ketones is 1. The van der Waals surface area contributed by atoms with E-state index in [0.29, 0.717) is 32.1 Å². The Hall–Kier alpha value is -2.70. The molecule has 0 amide bonds. The second-order valence-corrected chi connectivity index (χ2v) is 16.4. The number of esters is 2. The van der Waals surface area contributed by atoms with Crippen molar-refractivity contribution in [2.24, 2.45) is 17.6 Å². The van der Waals surface area contributed by atoms with Crippen molar-refractivity contribution >= 4 is 25.5 Å². The predicted molar refractivity (Wildman–Crippen MR) is 230 cm³/mol. The molecule has 58 heavy (non-hydrogen) atoms. The summed E-state index contributed by atoms with van der Waals surface area (Å²) in [6, 6.07) is 0. The van der Waals surface area contributed by atoms with Crippen molar-refractivity contribution < 1.29 is 52.6 Å². The Labute approximate surface area is 349 Å². The van der Waals surface area contributed by atoms with E-state index in [-0.39, 0.29) is 50.7 Å². The van der Waals surface area contributed by atoms with Crippen LogP contribution in [0.25, 0.3) is 0 Å². The van der Waals surface area contributed by atoms with Gasteiger partial charge in [-0.2, -0.15) is 0 Å². The van der Waals surface area contributed by atoms with Crippen LogP contribution >= 0.6 is 7.82 Å². The summed E-state index contributed by atoms with van der Waals surface area (Å²) in [4.78, 5) is 47.5. The van der Waals surface area contributed by atoms with Crippen molar-refractivity contribution in [3.8, 4) is 0 Å². The minimum atomic E-state index is -4.46. The summed E-state index contributed by atoms with van der Waals surface area (Å²) < 4.78 is 32.7. The number of aliphatic hydroxyl groups excluding tert-OH is 2. The van der Waals surface area contributed by atoms with Crippen molar-refractivity contribution in [1.82, 2.24) is 0 Å². The maximum atomic E-state index is 12.7. The average Bonchev–Trinajstić information content (AvgIpc) is 3.47. The van der Waals surface area contributed by atoms with E-state index in [2.05, 4.69) is 50.3 Å². The molecule has 0 aliphatic heterocycles. The lowest BCUT2D eigenvalue weighted by molar-refractivity contribution is -0.161. The Bertz CT molecular complexity index is 1300. The fraction of sp³-hybridized carbons (Fsp3) is 0.711. The molecule has 0 spiro atoms. The van der Waals surface area contributed by atoms with Crippen molar-refractivity contribution in [2.45, 2.75) is 167 Å². The number of carbonyl (C=O) groups is 3. The van der Waals surface area contributed by atoms with Gasteiger partial charge in [0.25, 0.3) is 0 Å². The molecule has 0 aromatic heterocycles. The van der Waals surface area contributed by atoms with Gasteiger partial charge in [-0.1, -0.05) is 120 Å². The van der Waals surface area contributed by atoms with Crippen LogP contribution in [0, 0.1) is 11.8 Å². The van der Waals surface area contributed by atoms with Gasteiger partial charge in [-0.15, -0.1) is 0 Å². The Balaban J connectivity index is 2.43. The molecular formula is C45H76NO11P. The molecule has 0 aromatic carbocycles. The molecule has 1 aliphatic carbocycles. The van der Waals surface area contributed by atoms with E-state index in [1.165, 1.54) is 19.3 Å². The van der Waals surface area contributed by atoms with Crippen molar-refractivity contribution in [2.75, 3.05) is 26.4 Å². The molecule has 332 valence electrons. The quantitative estimate of drug-likeness (QED) is 0.0203. The number of ether oxygens (including phenoxy) is 2. The highest BCUT2D eigenvalue weighted by molar-refractivity contribution is 7.47. The summed E-state index contributed by atoms with van der Waals surface area (Å²) in [5.74, 6) is -1.83. The van der Waals surface area contributed by atoms with Crippen molar-refractivity contribution in [3.05, 3.63) is 60.8 Å². The maximum Gasteiger partial charge on any atom is 0.472 e. The van der Waals surface area contributed by atoms with Gasteiger partial charge in [0.05, 0.1) is 25.4 Å².